The normalized spacial score (nSPS) is 17.8. The lowest BCUT2D eigenvalue weighted by Gasteiger charge is -2.40. The molecule has 0 fully saturated rings. The standard InChI is InChI=1S/C31H31NO4/c1-4-32(5-2)23-15-17-27-30(19-23)36-29-18-16-25(35-24-12-7-6-8-13-24)20-28(29)31(27,34-21-33)26-14-10-9-11-22(26)3/h7,9-21H,4-6,8H2,1-3H3. The van der Waals surface area contributed by atoms with Crippen LogP contribution in [0.1, 0.15) is 48.9 Å². The van der Waals surface area contributed by atoms with Crippen LogP contribution in [0.25, 0.3) is 0 Å². The van der Waals surface area contributed by atoms with E-state index in [4.69, 9.17) is 14.2 Å². The van der Waals surface area contributed by atoms with Gasteiger partial charge in [0, 0.05) is 36.0 Å². The Morgan fingerprint density at radius 1 is 0.944 bits per heavy atom. The molecule has 1 aliphatic heterocycles. The first-order valence-electron chi connectivity index (χ1n) is 12.5. The number of benzene rings is 3. The number of hydrogen-bond donors (Lipinski definition) is 0. The summed E-state index contributed by atoms with van der Waals surface area (Å²) >= 11 is 0. The second-order valence-electron chi connectivity index (χ2n) is 9.01. The molecular weight excluding hydrogens is 450 g/mol. The summed E-state index contributed by atoms with van der Waals surface area (Å²) in [6.07, 6.45) is 8.13. The second kappa shape index (κ2) is 9.94. The summed E-state index contributed by atoms with van der Waals surface area (Å²) in [5.74, 6) is 2.76. The topological polar surface area (TPSA) is 48.0 Å². The van der Waals surface area contributed by atoms with Gasteiger partial charge in [0.05, 0.1) is 5.56 Å². The Bertz CT molecular complexity index is 1340. The molecular formula is C31H31NO4. The molecule has 5 rings (SSSR count). The zero-order valence-electron chi connectivity index (χ0n) is 21.0. The van der Waals surface area contributed by atoms with Gasteiger partial charge in [0.2, 0.25) is 0 Å². The van der Waals surface area contributed by atoms with Gasteiger partial charge in [-0.15, -0.1) is 0 Å². The maximum atomic E-state index is 12.1. The molecule has 0 aromatic heterocycles. The van der Waals surface area contributed by atoms with Crippen LogP contribution in [0.2, 0.25) is 0 Å². The lowest BCUT2D eigenvalue weighted by Crippen LogP contribution is -2.36. The molecule has 2 aliphatic rings. The molecule has 5 heteroatoms. The fraction of sp³-hybridized carbons (Fsp3) is 0.258. The van der Waals surface area contributed by atoms with Crippen LogP contribution >= 0.6 is 0 Å². The van der Waals surface area contributed by atoms with Crippen LogP contribution in [-0.4, -0.2) is 19.6 Å². The van der Waals surface area contributed by atoms with Gasteiger partial charge in [-0.25, -0.2) is 0 Å². The monoisotopic (exact) mass is 481 g/mol. The summed E-state index contributed by atoms with van der Waals surface area (Å²) < 4.78 is 18.8. The first kappa shape index (κ1) is 23.7. The zero-order chi connectivity index (χ0) is 25.1. The van der Waals surface area contributed by atoms with E-state index in [1.54, 1.807) is 0 Å². The maximum absolute atomic E-state index is 12.1. The highest BCUT2D eigenvalue weighted by molar-refractivity contribution is 5.68. The number of carbonyl (C=O) groups excluding carboxylic acids is 1. The molecule has 1 aliphatic carbocycles. The first-order valence-corrected chi connectivity index (χ1v) is 12.5. The quantitative estimate of drug-likeness (QED) is 0.324. The predicted octanol–water partition coefficient (Wildman–Crippen LogP) is 7.02. The van der Waals surface area contributed by atoms with Crippen molar-refractivity contribution in [1.29, 1.82) is 0 Å². The summed E-state index contributed by atoms with van der Waals surface area (Å²) in [6.45, 7) is 8.58. The van der Waals surface area contributed by atoms with Crippen molar-refractivity contribution in [2.45, 2.75) is 39.2 Å². The van der Waals surface area contributed by atoms with Gasteiger partial charge in [0.1, 0.15) is 23.0 Å². The Hall–Kier alpha value is -3.99. The van der Waals surface area contributed by atoms with E-state index < -0.39 is 5.60 Å². The van der Waals surface area contributed by atoms with Gasteiger partial charge < -0.3 is 19.1 Å². The molecule has 5 nitrogen and oxygen atoms in total. The molecule has 1 unspecified atom stereocenters. The van der Waals surface area contributed by atoms with E-state index in [1.807, 2.05) is 67.6 Å². The number of ether oxygens (including phenoxy) is 3. The molecule has 1 atom stereocenters. The largest absolute Gasteiger partial charge is 0.458 e. The van der Waals surface area contributed by atoms with Gasteiger partial charge in [-0.2, -0.15) is 0 Å². The van der Waals surface area contributed by atoms with E-state index in [2.05, 4.69) is 37.0 Å². The van der Waals surface area contributed by atoms with E-state index in [0.29, 0.717) is 23.7 Å². The fourth-order valence-electron chi connectivity index (χ4n) is 5.19. The molecule has 0 spiro atoms. The number of hydrogen-bond acceptors (Lipinski definition) is 5. The molecule has 0 saturated carbocycles. The highest BCUT2D eigenvalue weighted by Crippen LogP contribution is 2.54. The predicted molar refractivity (Wildman–Crippen MR) is 142 cm³/mol. The SMILES string of the molecule is CCN(CC)c1ccc2c(c1)Oc1ccc(OC3=CCCC=C3)cc1C2(OC=O)c1ccccc1C. The highest BCUT2D eigenvalue weighted by Gasteiger charge is 2.47. The molecule has 36 heavy (non-hydrogen) atoms. The number of anilines is 1. The van der Waals surface area contributed by atoms with Crippen molar-refractivity contribution in [2.24, 2.45) is 0 Å². The zero-order valence-corrected chi connectivity index (χ0v) is 21.0. The van der Waals surface area contributed by atoms with Gasteiger partial charge in [0.25, 0.3) is 6.47 Å². The van der Waals surface area contributed by atoms with Crippen LogP contribution in [0.3, 0.4) is 0 Å². The van der Waals surface area contributed by atoms with Crippen molar-refractivity contribution >= 4 is 12.2 Å². The van der Waals surface area contributed by atoms with E-state index in [-0.39, 0.29) is 0 Å². The van der Waals surface area contributed by atoms with E-state index in [9.17, 15) is 4.79 Å². The molecule has 184 valence electrons. The van der Waals surface area contributed by atoms with Gasteiger partial charge in [-0.05, 0) is 81.7 Å². The van der Waals surface area contributed by atoms with Crippen molar-refractivity contribution in [1.82, 2.24) is 0 Å². The number of fused-ring (bicyclic) bond motifs is 2. The third-order valence-electron chi connectivity index (χ3n) is 6.97. The smallest absolute Gasteiger partial charge is 0.294 e. The van der Waals surface area contributed by atoms with Gasteiger partial charge in [-0.3, -0.25) is 4.79 Å². The van der Waals surface area contributed by atoms with Crippen molar-refractivity contribution in [3.63, 3.8) is 0 Å². The molecule has 0 radical (unpaired) electrons. The Morgan fingerprint density at radius 3 is 2.50 bits per heavy atom. The molecule has 0 amide bonds. The van der Waals surface area contributed by atoms with Crippen LogP contribution in [0.15, 0.2) is 84.7 Å². The van der Waals surface area contributed by atoms with Crippen molar-refractivity contribution in [3.05, 3.63) is 107 Å². The van der Waals surface area contributed by atoms with Crippen molar-refractivity contribution in [2.75, 3.05) is 18.0 Å². The summed E-state index contributed by atoms with van der Waals surface area (Å²) in [5, 5.41) is 0. The van der Waals surface area contributed by atoms with E-state index in [1.165, 1.54) is 0 Å². The number of nitrogens with zero attached hydrogens (tertiary/aromatic N) is 1. The Kier molecular flexibility index (Phi) is 6.55. The molecule has 3 aromatic rings. The minimum Gasteiger partial charge on any atom is -0.458 e. The van der Waals surface area contributed by atoms with Crippen molar-refractivity contribution in [3.8, 4) is 17.2 Å². The summed E-state index contributed by atoms with van der Waals surface area (Å²) in [5.41, 5.74) is 3.27. The van der Waals surface area contributed by atoms with Crippen LogP contribution < -0.4 is 14.4 Å². The molecule has 1 heterocycles. The average Bonchev–Trinajstić information content (AvgIpc) is 2.90. The van der Waals surface area contributed by atoms with Crippen LogP contribution in [0, 0.1) is 6.92 Å². The molecule has 0 N–H and O–H groups in total. The minimum absolute atomic E-state index is 0.531. The van der Waals surface area contributed by atoms with Crippen molar-refractivity contribution < 1.29 is 19.0 Å². The second-order valence-corrected chi connectivity index (χ2v) is 9.01. The highest BCUT2D eigenvalue weighted by atomic mass is 16.5. The maximum Gasteiger partial charge on any atom is 0.294 e. The lowest BCUT2D eigenvalue weighted by atomic mass is 9.76. The Labute approximate surface area is 212 Å². The third-order valence-corrected chi connectivity index (χ3v) is 6.97. The van der Waals surface area contributed by atoms with E-state index in [0.717, 1.165) is 59.6 Å². The summed E-state index contributed by atoms with van der Waals surface area (Å²) in [4.78, 5) is 14.4. The van der Waals surface area contributed by atoms with Crippen LogP contribution in [0.5, 0.6) is 17.2 Å². The first-order chi connectivity index (χ1) is 17.6. The van der Waals surface area contributed by atoms with Gasteiger partial charge in [0.15, 0.2) is 5.60 Å². The fourth-order valence-corrected chi connectivity index (χ4v) is 5.19. The Morgan fingerprint density at radius 2 is 1.78 bits per heavy atom. The molecule has 0 bridgehead atoms. The summed E-state index contributed by atoms with van der Waals surface area (Å²) in [7, 11) is 0. The number of aryl methyl sites for hydroxylation is 1. The van der Waals surface area contributed by atoms with Gasteiger partial charge in [-0.1, -0.05) is 30.3 Å². The third kappa shape index (κ3) is 4.05. The van der Waals surface area contributed by atoms with Crippen LogP contribution in [0.4, 0.5) is 5.69 Å². The molecule has 0 saturated heterocycles. The lowest BCUT2D eigenvalue weighted by molar-refractivity contribution is -0.137. The number of rotatable bonds is 8. The Balaban J connectivity index is 1.73. The number of allylic oxidation sites excluding steroid dienone is 3. The number of carbonyl (C=O) groups is 1. The minimum atomic E-state index is -1.19. The average molecular weight is 482 g/mol. The van der Waals surface area contributed by atoms with E-state index >= 15 is 0 Å². The van der Waals surface area contributed by atoms with Crippen LogP contribution in [-0.2, 0) is 15.1 Å². The summed E-state index contributed by atoms with van der Waals surface area (Å²) in [6, 6.07) is 19.8. The molecule has 3 aromatic carbocycles. The van der Waals surface area contributed by atoms with Gasteiger partial charge >= 0.3 is 0 Å².